The van der Waals surface area contributed by atoms with Crippen LogP contribution >= 0.6 is 0 Å². The van der Waals surface area contributed by atoms with Crippen LogP contribution in [0.4, 0.5) is 0 Å². The van der Waals surface area contributed by atoms with E-state index in [1.54, 1.807) is 0 Å². The average molecular weight is 277 g/mol. The van der Waals surface area contributed by atoms with Crippen molar-refractivity contribution in [2.75, 3.05) is 6.54 Å². The molecular formula is C13H19N5O2. The van der Waals surface area contributed by atoms with Crippen LogP contribution in [0.5, 0.6) is 0 Å². The van der Waals surface area contributed by atoms with Crippen LogP contribution < -0.4 is 11.2 Å². The van der Waals surface area contributed by atoms with Crippen molar-refractivity contribution in [1.29, 1.82) is 0 Å². The van der Waals surface area contributed by atoms with Gasteiger partial charge in [-0.15, -0.1) is 0 Å². The first-order valence-electron chi connectivity index (χ1n) is 6.21. The second kappa shape index (κ2) is 8.78. The predicted octanol–water partition coefficient (Wildman–Crippen LogP) is 1.27. The number of aryl methyl sites for hydroxylation is 1. The van der Waals surface area contributed by atoms with E-state index >= 15 is 0 Å². The second-order valence-electron chi connectivity index (χ2n) is 3.85. The van der Waals surface area contributed by atoms with E-state index in [1.165, 1.54) is 5.56 Å². The molecule has 7 nitrogen and oxygen atoms in total. The molecule has 20 heavy (non-hydrogen) atoms. The maximum Gasteiger partial charge on any atom is 0.176 e. The van der Waals surface area contributed by atoms with Crippen LogP contribution in [0.25, 0.3) is 0 Å². The highest BCUT2D eigenvalue weighted by atomic mass is 16.6. The van der Waals surface area contributed by atoms with Crippen molar-refractivity contribution in [1.82, 2.24) is 15.8 Å². The smallest absolute Gasteiger partial charge is 0.176 e. The number of benzene rings is 1. The Morgan fingerprint density at radius 1 is 1.35 bits per heavy atom. The summed E-state index contributed by atoms with van der Waals surface area (Å²) in [7, 11) is 0. The normalized spacial score (nSPS) is 10.7. The van der Waals surface area contributed by atoms with Gasteiger partial charge in [0.2, 0.25) is 0 Å². The summed E-state index contributed by atoms with van der Waals surface area (Å²) in [6, 6.07) is 10.3. The van der Waals surface area contributed by atoms with Crippen molar-refractivity contribution >= 4 is 5.84 Å². The van der Waals surface area contributed by atoms with Crippen LogP contribution in [0.1, 0.15) is 23.9 Å². The van der Waals surface area contributed by atoms with E-state index in [2.05, 4.69) is 39.0 Å². The standard InChI is InChI=1S/C7H8.C6H11N5O2/c1-7-5-3-2-4-6-7;1-2-8-6(9-12)5-4(3-7)10-13-11-5/h2-6H,1H3;12H,2-3,7H2,1H3,(H,8,9). The van der Waals surface area contributed by atoms with Gasteiger partial charge in [0.15, 0.2) is 11.5 Å². The summed E-state index contributed by atoms with van der Waals surface area (Å²) in [6.45, 7) is 4.61. The first kappa shape index (κ1) is 15.8. The minimum absolute atomic E-state index is 0.184. The Hall–Kier alpha value is -2.25. The molecule has 1 aromatic heterocycles. The lowest BCUT2D eigenvalue weighted by molar-refractivity contribution is 0.233. The average Bonchev–Trinajstić information content (AvgIpc) is 2.94. The highest BCUT2D eigenvalue weighted by molar-refractivity contribution is 5.96. The molecule has 4 N–H and O–H groups in total. The van der Waals surface area contributed by atoms with Gasteiger partial charge in [0.05, 0.1) is 0 Å². The molecule has 0 radical (unpaired) electrons. The molecule has 0 bridgehead atoms. The van der Waals surface area contributed by atoms with Gasteiger partial charge in [-0.1, -0.05) is 41.1 Å². The molecule has 108 valence electrons. The maximum absolute atomic E-state index is 8.72. The molecule has 0 spiro atoms. The quantitative estimate of drug-likeness (QED) is 0.443. The SMILES string of the molecule is CCN=C(NO)c1nonc1CN.Cc1ccccc1. The number of hydrogen-bond donors (Lipinski definition) is 3. The third-order valence-electron chi connectivity index (χ3n) is 2.34. The van der Waals surface area contributed by atoms with Gasteiger partial charge in [0.25, 0.3) is 0 Å². The molecule has 1 aromatic carbocycles. The molecule has 2 rings (SSSR count). The topological polar surface area (TPSA) is 110 Å². The number of nitrogens with zero attached hydrogens (tertiary/aromatic N) is 3. The zero-order valence-electron chi connectivity index (χ0n) is 11.6. The van der Waals surface area contributed by atoms with Crippen LogP contribution in [-0.4, -0.2) is 27.9 Å². The highest BCUT2D eigenvalue weighted by Gasteiger charge is 2.13. The second-order valence-corrected chi connectivity index (χ2v) is 3.85. The molecule has 0 unspecified atom stereocenters. The van der Waals surface area contributed by atoms with Crippen molar-refractivity contribution in [2.45, 2.75) is 20.4 Å². The Labute approximate surface area is 117 Å². The summed E-state index contributed by atoms with van der Waals surface area (Å²) in [5, 5.41) is 15.8. The molecule has 0 saturated carbocycles. The third kappa shape index (κ3) is 4.79. The molecule has 7 heteroatoms. The predicted molar refractivity (Wildman–Crippen MR) is 75.4 cm³/mol. The molecule has 2 aromatic rings. The summed E-state index contributed by atoms with van der Waals surface area (Å²) < 4.78 is 4.45. The summed E-state index contributed by atoms with van der Waals surface area (Å²) in [4.78, 5) is 3.93. The monoisotopic (exact) mass is 277 g/mol. The summed E-state index contributed by atoms with van der Waals surface area (Å²) in [5.74, 6) is 0.212. The van der Waals surface area contributed by atoms with Crippen molar-refractivity contribution in [3.05, 3.63) is 47.3 Å². The highest BCUT2D eigenvalue weighted by Crippen LogP contribution is 2.01. The van der Waals surface area contributed by atoms with Gasteiger partial charge in [-0.2, -0.15) is 0 Å². The molecule has 0 aliphatic heterocycles. The van der Waals surface area contributed by atoms with E-state index in [-0.39, 0.29) is 12.4 Å². The Bertz CT molecular complexity index is 525. The molecule has 1 heterocycles. The van der Waals surface area contributed by atoms with Gasteiger partial charge in [-0.25, -0.2) is 4.63 Å². The summed E-state index contributed by atoms with van der Waals surface area (Å²) >= 11 is 0. The number of hydroxylamine groups is 1. The first-order valence-corrected chi connectivity index (χ1v) is 6.21. The minimum atomic E-state index is 0.184. The van der Waals surface area contributed by atoms with Gasteiger partial charge in [-0.3, -0.25) is 15.7 Å². The van der Waals surface area contributed by atoms with Crippen LogP contribution in [0.15, 0.2) is 40.0 Å². The van der Waals surface area contributed by atoms with E-state index in [0.717, 1.165) is 0 Å². The molecular weight excluding hydrogens is 258 g/mol. The van der Waals surface area contributed by atoms with Crippen molar-refractivity contribution in [2.24, 2.45) is 10.7 Å². The maximum atomic E-state index is 8.72. The van der Waals surface area contributed by atoms with Crippen molar-refractivity contribution < 1.29 is 9.84 Å². The zero-order valence-corrected chi connectivity index (χ0v) is 11.6. The lowest BCUT2D eigenvalue weighted by Crippen LogP contribution is -2.23. The number of nitrogens with one attached hydrogen (secondary N) is 1. The molecule has 0 saturated heterocycles. The molecule has 0 aliphatic rings. The molecule has 0 atom stereocenters. The number of hydrogen-bond acceptors (Lipinski definition) is 6. The van der Waals surface area contributed by atoms with Gasteiger partial charge in [0, 0.05) is 13.1 Å². The Kier molecular flexibility index (Phi) is 6.94. The lowest BCUT2D eigenvalue weighted by Gasteiger charge is -1.99. The van der Waals surface area contributed by atoms with Gasteiger partial charge in [0.1, 0.15) is 5.69 Å². The van der Waals surface area contributed by atoms with Gasteiger partial charge in [-0.05, 0) is 19.0 Å². The molecule has 0 fully saturated rings. The van der Waals surface area contributed by atoms with Crippen LogP contribution in [0, 0.1) is 6.92 Å². The van der Waals surface area contributed by atoms with E-state index in [9.17, 15) is 0 Å². The van der Waals surface area contributed by atoms with Crippen LogP contribution in [0.3, 0.4) is 0 Å². The van der Waals surface area contributed by atoms with Gasteiger partial charge >= 0.3 is 0 Å². The zero-order chi connectivity index (χ0) is 14.8. The number of amidine groups is 1. The molecule has 0 amide bonds. The number of nitrogens with two attached hydrogens (primary N) is 1. The van der Waals surface area contributed by atoms with E-state index < -0.39 is 0 Å². The van der Waals surface area contributed by atoms with Crippen molar-refractivity contribution in [3.8, 4) is 0 Å². The number of rotatable bonds is 3. The third-order valence-corrected chi connectivity index (χ3v) is 2.34. The summed E-state index contributed by atoms with van der Waals surface area (Å²) in [5.41, 5.74) is 9.38. The first-order chi connectivity index (χ1) is 9.72. The summed E-state index contributed by atoms with van der Waals surface area (Å²) in [6.07, 6.45) is 0. The fourth-order valence-corrected chi connectivity index (χ4v) is 1.38. The Morgan fingerprint density at radius 3 is 2.50 bits per heavy atom. The fourth-order valence-electron chi connectivity index (χ4n) is 1.38. The lowest BCUT2D eigenvalue weighted by atomic mass is 10.2. The molecule has 0 aliphatic carbocycles. The Morgan fingerprint density at radius 2 is 2.05 bits per heavy atom. The van der Waals surface area contributed by atoms with E-state index in [1.807, 2.05) is 30.6 Å². The fraction of sp³-hybridized carbons (Fsp3) is 0.308. The number of aliphatic imine (C=N–C) groups is 1. The van der Waals surface area contributed by atoms with E-state index in [0.29, 0.717) is 17.9 Å². The van der Waals surface area contributed by atoms with E-state index in [4.69, 9.17) is 10.9 Å². The van der Waals surface area contributed by atoms with Crippen LogP contribution in [-0.2, 0) is 6.54 Å². The minimum Gasteiger partial charge on any atom is -0.325 e. The Balaban J connectivity index is 0.000000240. The number of aromatic nitrogens is 2. The largest absolute Gasteiger partial charge is 0.325 e. The van der Waals surface area contributed by atoms with Crippen LogP contribution in [0.2, 0.25) is 0 Å². The van der Waals surface area contributed by atoms with Crippen molar-refractivity contribution in [3.63, 3.8) is 0 Å². The van der Waals surface area contributed by atoms with Gasteiger partial charge < -0.3 is 5.73 Å².